The average molecular weight is 393 g/mol. The minimum atomic E-state index is -0.190. The maximum absolute atomic E-state index is 12.6. The minimum absolute atomic E-state index is 0.0700. The molecule has 0 bridgehead atoms. The Balaban J connectivity index is 1.60. The molecule has 1 saturated heterocycles. The number of benzene rings is 2. The van der Waals surface area contributed by atoms with Crippen LogP contribution in [0.4, 0.5) is 0 Å². The first-order valence-corrected chi connectivity index (χ1v) is 9.01. The van der Waals surface area contributed by atoms with Crippen molar-refractivity contribution in [3.63, 3.8) is 0 Å². The van der Waals surface area contributed by atoms with Gasteiger partial charge in [-0.3, -0.25) is 9.59 Å². The van der Waals surface area contributed by atoms with Gasteiger partial charge in [-0.15, -0.1) is 0 Å². The second-order valence-electron chi connectivity index (χ2n) is 6.08. The van der Waals surface area contributed by atoms with Crippen LogP contribution in [0.5, 0.6) is 5.75 Å². The van der Waals surface area contributed by atoms with Crippen LogP contribution in [0.25, 0.3) is 0 Å². The fourth-order valence-corrected chi connectivity index (χ4v) is 3.31. The molecule has 0 spiro atoms. The predicted molar refractivity (Wildman–Crippen MR) is 101 cm³/mol. The van der Waals surface area contributed by atoms with Crippen molar-refractivity contribution in [1.29, 1.82) is 0 Å². The van der Waals surface area contributed by atoms with Gasteiger partial charge in [0.05, 0.1) is 22.0 Å². The van der Waals surface area contributed by atoms with Gasteiger partial charge in [0.15, 0.2) is 0 Å². The molecule has 0 aliphatic carbocycles. The summed E-state index contributed by atoms with van der Waals surface area (Å²) in [6.07, 6.45) is 0.140. The van der Waals surface area contributed by atoms with Gasteiger partial charge in [-0.05, 0) is 18.2 Å². The first-order chi connectivity index (χ1) is 12.5. The molecule has 1 aliphatic heterocycles. The normalized spacial score (nSPS) is 14.4. The van der Waals surface area contributed by atoms with Crippen molar-refractivity contribution < 1.29 is 14.7 Å². The topological polar surface area (TPSA) is 60.9 Å². The summed E-state index contributed by atoms with van der Waals surface area (Å²) in [7, 11) is 0. The molecule has 0 unspecified atom stereocenters. The lowest BCUT2D eigenvalue weighted by Gasteiger charge is -2.35. The van der Waals surface area contributed by atoms with Gasteiger partial charge in [0.2, 0.25) is 5.91 Å². The van der Waals surface area contributed by atoms with Crippen molar-refractivity contribution in [2.45, 2.75) is 6.42 Å². The van der Waals surface area contributed by atoms with Crippen LogP contribution in [-0.2, 0) is 11.2 Å². The maximum Gasteiger partial charge on any atom is 0.255 e. The molecule has 2 amide bonds. The number of phenols is 1. The molecule has 136 valence electrons. The highest BCUT2D eigenvalue weighted by atomic mass is 35.5. The van der Waals surface area contributed by atoms with E-state index < -0.39 is 0 Å². The van der Waals surface area contributed by atoms with Gasteiger partial charge >= 0.3 is 0 Å². The summed E-state index contributed by atoms with van der Waals surface area (Å²) in [4.78, 5) is 28.4. The number of para-hydroxylation sites is 1. The minimum Gasteiger partial charge on any atom is -0.508 e. The molecule has 5 nitrogen and oxygen atoms in total. The third-order valence-electron chi connectivity index (χ3n) is 4.43. The van der Waals surface area contributed by atoms with E-state index in [1.165, 1.54) is 0 Å². The van der Waals surface area contributed by atoms with E-state index in [0.29, 0.717) is 42.3 Å². The third-order valence-corrected chi connectivity index (χ3v) is 5.25. The number of hydrogen-bond acceptors (Lipinski definition) is 3. The fraction of sp³-hybridized carbons (Fsp3) is 0.263. The Morgan fingerprint density at radius 1 is 0.923 bits per heavy atom. The lowest BCUT2D eigenvalue weighted by molar-refractivity contribution is -0.131. The van der Waals surface area contributed by atoms with Gasteiger partial charge in [-0.2, -0.15) is 0 Å². The Morgan fingerprint density at radius 3 is 2.27 bits per heavy atom. The van der Waals surface area contributed by atoms with Crippen molar-refractivity contribution in [3.8, 4) is 5.75 Å². The number of piperazine rings is 1. The van der Waals surface area contributed by atoms with Crippen molar-refractivity contribution in [2.24, 2.45) is 0 Å². The number of amides is 2. The zero-order valence-corrected chi connectivity index (χ0v) is 15.5. The van der Waals surface area contributed by atoms with Gasteiger partial charge in [-0.25, -0.2) is 0 Å². The third kappa shape index (κ3) is 3.94. The first-order valence-electron chi connectivity index (χ1n) is 8.25. The predicted octanol–water partition coefficient (Wildman–Crippen LogP) is 3.23. The summed E-state index contributed by atoms with van der Waals surface area (Å²) in [5.41, 5.74) is 0.967. The fourth-order valence-electron chi connectivity index (χ4n) is 2.93. The molecule has 2 aromatic carbocycles. The summed E-state index contributed by atoms with van der Waals surface area (Å²) < 4.78 is 0. The molecule has 1 N–H and O–H groups in total. The Hall–Kier alpha value is -2.24. The van der Waals surface area contributed by atoms with E-state index in [1.54, 1.807) is 52.3 Å². The number of rotatable bonds is 3. The molecule has 26 heavy (non-hydrogen) atoms. The summed E-state index contributed by atoms with van der Waals surface area (Å²) >= 11 is 12.1. The summed E-state index contributed by atoms with van der Waals surface area (Å²) in [5.74, 6) is -0.144. The molecule has 2 aromatic rings. The molecule has 0 saturated carbocycles. The lowest BCUT2D eigenvalue weighted by Crippen LogP contribution is -2.51. The smallest absolute Gasteiger partial charge is 0.255 e. The molecule has 1 aliphatic rings. The zero-order chi connectivity index (χ0) is 18.7. The van der Waals surface area contributed by atoms with Gasteiger partial charge in [-0.1, -0.05) is 47.5 Å². The highest BCUT2D eigenvalue weighted by molar-refractivity contribution is 6.43. The largest absolute Gasteiger partial charge is 0.508 e. The van der Waals surface area contributed by atoms with Gasteiger partial charge in [0.25, 0.3) is 5.91 Å². The van der Waals surface area contributed by atoms with E-state index in [-0.39, 0.29) is 29.0 Å². The molecule has 1 fully saturated rings. The summed E-state index contributed by atoms with van der Waals surface area (Å²) in [5, 5.41) is 10.4. The number of carbonyl (C=O) groups is 2. The molecular formula is C19H18Cl2N2O3. The van der Waals surface area contributed by atoms with Crippen molar-refractivity contribution >= 4 is 35.0 Å². The molecule has 0 atom stereocenters. The Kier molecular flexibility index (Phi) is 5.69. The molecular weight excluding hydrogens is 375 g/mol. The number of nitrogens with zero attached hydrogens (tertiary/aromatic N) is 2. The second-order valence-corrected chi connectivity index (χ2v) is 6.87. The van der Waals surface area contributed by atoms with Gasteiger partial charge in [0, 0.05) is 31.7 Å². The van der Waals surface area contributed by atoms with Crippen LogP contribution in [0.15, 0.2) is 42.5 Å². The number of hydrogen-bond donors (Lipinski definition) is 1. The second kappa shape index (κ2) is 7.98. The van der Waals surface area contributed by atoms with E-state index in [4.69, 9.17) is 23.2 Å². The Morgan fingerprint density at radius 2 is 1.58 bits per heavy atom. The zero-order valence-electron chi connectivity index (χ0n) is 14.0. The highest BCUT2D eigenvalue weighted by Crippen LogP contribution is 2.27. The molecule has 0 aromatic heterocycles. The van der Waals surface area contributed by atoms with Crippen LogP contribution in [0.3, 0.4) is 0 Å². The van der Waals surface area contributed by atoms with Crippen LogP contribution in [0, 0.1) is 0 Å². The van der Waals surface area contributed by atoms with Crippen molar-refractivity contribution in [1.82, 2.24) is 9.80 Å². The molecule has 1 heterocycles. The van der Waals surface area contributed by atoms with Gasteiger partial charge < -0.3 is 14.9 Å². The van der Waals surface area contributed by atoms with E-state index in [1.807, 2.05) is 0 Å². The number of phenolic OH excluding ortho intramolecular Hbond substituents is 1. The number of halogens is 2. The maximum atomic E-state index is 12.6. The van der Waals surface area contributed by atoms with Crippen LogP contribution in [0.2, 0.25) is 10.0 Å². The quantitative estimate of drug-likeness (QED) is 0.871. The molecule has 3 rings (SSSR count). The van der Waals surface area contributed by atoms with E-state index in [9.17, 15) is 14.7 Å². The van der Waals surface area contributed by atoms with Crippen molar-refractivity contribution in [2.75, 3.05) is 26.2 Å². The average Bonchev–Trinajstić information content (AvgIpc) is 2.65. The van der Waals surface area contributed by atoms with E-state index in [2.05, 4.69) is 0 Å². The molecule has 0 radical (unpaired) electrons. The SMILES string of the molecule is O=C(Cc1ccccc1O)N1CCN(C(=O)c2cccc(Cl)c2Cl)CC1. The van der Waals surface area contributed by atoms with Crippen LogP contribution in [0.1, 0.15) is 15.9 Å². The number of aromatic hydroxyl groups is 1. The first kappa shape index (κ1) is 18.5. The monoisotopic (exact) mass is 392 g/mol. The van der Waals surface area contributed by atoms with Crippen LogP contribution < -0.4 is 0 Å². The standard InChI is InChI=1S/C19H18Cl2N2O3/c20-15-6-3-5-14(18(15)21)19(26)23-10-8-22(9-11-23)17(25)12-13-4-1-2-7-16(13)24/h1-7,24H,8-12H2. The van der Waals surface area contributed by atoms with Gasteiger partial charge in [0.1, 0.15) is 5.75 Å². The van der Waals surface area contributed by atoms with E-state index >= 15 is 0 Å². The summed E-state index contributed by atoms with van der Waals surface area (Å²) in [6.45, 7) is 1.73. The Bertz CT molecular complexity index is 833. The summed E-state index contributed by atoms with van der Waals surface area (Å²) in [6, 6.07) is 11.8. The molecule has 7 heteroatoms. The van der Waals surface area contributed by atoms with Crippen LogP contribution >= 0.6 is 23.2 Å². The Labute approximate surface area is 161 Å². The van der Waals surface area contributed by atoms with Crippen LogP contribution in [-0.4, -0.2) is 52.9 Å². The lowest BCUT2D eigenvalue weighted by atomic mass is 10.1. The van der Waals surface area contributed by atoms with Crippen molar-refractivity contribution in [3.05, 3.63) is 63.6 Å². The van der Waals surface area contributed by atoms with E-state index in [0.717, 1.165) is 0 Å². The number of carbonyl (C=O) groups excluding carboxylic acids is 2. The highest BCUT2D eigenvalue weighted by Gasteiger charge is 2.26.